The second-order valence-electron chi connectivity index (χ2n) is 10.2. The van der Waals surface area contributed by atoms with Gasteiger partial charge in [0.15, 0.2) is 0 Å². The Morgan fingerprint density at radius 3 is 2.23 bits per heavy atom. The fraction of sp³-hybridized carbons (Fsp3) is 0.323. The number of carbonyl (C=O) groups excluding carboxylic acids is 3. The summed E-state index contributed by atoms with van der Waals surface area (Å²) in [5.74, 6) is -0.167. The van der Waals surface area contributed by atoms with E-state index in [0.29, 0.717) is 32.5 Å². The molecule has 0 spiro atoms. The number of carbonyl (C=O) groups is 3. The first-order valence-electron chi connectivity index (χ1n) is 13.7. The predicted molar refractivity (Wildman–Crippen MR) is 150 cm³/mol. The minimum atomic E-state index is -0.722. The molecule has 40 heavy (non-hydrogen) atoms. The summed E-state index contributed by atoms with van der Waals surface area (Å²) in [4.78, 5) is 44.3. The van der Waals surface area contributed by atoms with E-state index < -0.39 is 12.2 Å². The van der Waals surface area contributed by atoms with Crippen molar-refractivity contribution >= 4 is 17.8 Å². The lowest BCUT2D eigenvalue weighted by molar-refractivity contribution is -0.157. The maximum absolute atomic E-state index is 13.9. The van der Waals surface area contributed by atoms with Gasteiger partial charge in [0.2, 0.25) is 11.8 Å². The van der Waals surface area contributed by atoms with Crippen LogP contribution in [-0.2, 0) is 29.1 Å². The van der Waals surface area contributed by atoms with Gasteiger partial charge in [-0.05, 0) is 35.2 Å². The van der Waals surface area contributed by atoms with Gasteiger partial charge in [-0.3, -0.25) is 14.6 Å². The lowest BCUT2D eigenvalue weighted by Crippen LogP contribution is -2.66. The second kappa shape index (κ2) is 12.2. The van der Waals surface area contributed by atoms with Crippen molar-refractivity contribution in [3.05, 3.63) is 102 Å². The van der Waals surface area contributed by atoms with E-state index in [1.165, 1.54) is 0 Å². The molecule has 0 bridgehead atoms. The van der Waals surface area contributed by atoms with E-state index >= 15 is 0 Å². The van der Waals surface area contributed by atoms with Crippen molar-refractivity contribution in [2.45, 2.75) is 45.1 Å². The topological polar surface area (TPSA) is 96.4 Å². The normalized spacial score (nSPS) is 19.0. The first kappa shape index (κ1) is 27.2. The minimum Gasteiger partial charge on any atom is -0.508 e. The van der Waals surface area contributed by atoms with Crippen molar-refractivity contribution in [1.82, 2.24) is 25.1 Å². The van der Waals surface area contributed by atoms with Crippen LogP contribution in [0.3, 0.4) is 0 Å². The van der Waals surface area contributed by atoms with Crippen molar-refractivity contribution in [3.63, 3.8) is 0 Å². The molecular formula is C31H35N5O4. The predicted octanol–water partition coefficient (Wildman–Crippen LogP) is 3.35. The summed E-state index contributed by atoms with van der Waals surface area (Å²) in [6.07, 6.45) is 0.541. The Kier molecular flexibility index (Phi) is 8.31. The van der Waals surface area contributed by atoms with Crippen LogP contribution in [0.5, 0.6) is 5.75 Å². The Morgan fingerprint density at radius 1 is 0.925 bits per heavy atom. The molecule has 9 nitrogen and oxygen atoms in total. The van der Waals surface area contributed by atoms with Crippen LogP contribution in [0.4, 0.5) is 4.79 Å². The highest BCUT2D eigenvalue weighted by Gasteiger charge is 2.52. The highest BCUT2D eigenvalue weighted by atomic mass is 16.3. The quantitative estimate of drug-likeness (QED) is 0.433. The molecule has 3 aromatic carbocycles. The van der Waals surface area contributed by atoms with Gasteiger partial charge in [0.05, 0.1) is 13.1 Å². The van der Waals surface area contributed by atoms with Crippen molar-refractivity contribution < 1.29 is 19.5 Å². The second-order valence-corrected chi connectivity index (χ2v) is 10.2. The van der Waals surface area contributed by atoms with Crippen LogP contribution in [-0.4, -0.2) is 74.6 Å². The molecule has 0 saturated carbocycles. The Bertz CT molecular complexity index is 1320. The summed E-state index contributed by atoms with van der Waals surface area (Å²) in [6, 6.07) is 25.2. The first-order valence-corrected chi connectivity index (χ1v) is 13.7. The molecular weight excluding hydrogens is 506 g/mol. The number of hydrogen-bond acceptors (Lipinski definition) is 5. The monoisotopic (exact) mass is 541 g/mol. The molecule has 9 heteroatoms. The summed E-state index contributed by atoms with van der Waals surface area (Å²) < 4.78 is 0. The van der Waals surface area contributed by atoms with Gasteiger partial charge >= 0.3 is 6.03 Å². The third-order valence-electron chi connectivity index (χ3n) is 7.41. The van der Waals surface area contributed by atoms with Crippen LogP contribution in [0.2, 0.25) is 0 Å². The number of piperazine rings is 1. The zero-order valence-corrected chi connectivity index (χ0v) is 22.6. The van der Waals surface area contributed by atoms with Crippen molar-refractivity contribution in [2.24, 2.45) is 0 Å². The Morgan fingerprint density at radius 2 is 1.57 bits per heavy atom. The van der Waals surface area contributed by atoms with Crippen LogP contribution in [0.1, 0.15) is 30.0 Å². The number of rotatable bonds is 9. The van der Waals surface area contributed by atoms with Gasteiger partial charge in [-0.25, -0.2) is 4.79 Å². The van der Waals surface area contributed by atoms with Gasteiger partial charge < -0.3 is 20.2 Å². The molecule has 0 aliphatic carbocycles. The molecule has 0 aromatic heterocycles. The minimum absolute atomic E-state index is 0.0158. The Balaban J connectivity index is 1.42. The van der Waals surface area contributed by atoms with E-state index in [-0.39, 0.29) is 36.7 Å². The van der Waals surface area contributed by atoms with E-state index in [9.17, 15) is 19.5 Å². The number of fused-ring (bicyclic) bond motifs is 1. The summed E-state index contributed by atoms with van der Waals surface area (Å²) in [5, 5.41) is 16.2. The lowest BCUT2D eigenvalue weighted by Gasteiger charge is -2.46. The molecule has 2 N–H and O–H groups in total. The third kappa shape index (κ3) is 5.94. The summed E-state index contributed by atoms with van der Waals surface area (Å²) in [5.41, 5.74) is 2.82. The fourth-order valence-electron chi connectivity index (χ4n) is 5.47. The largest absolute Gasteiger partial charge is 0.508 e. The van der Waals surface area contributed by atoms with Gasteiger partial charge in [-0.1, -0.05) is 79.7 Å². The number of hydrazine groups is 1. The average Bonchev–Trinajstić information content (AvgIpc) is 3.29. The van der Waals surface area contributed by atoms with Crippen molar-refractivity contribution in [1.29, 1.82) is 0 Å². The van der Waals surface area contributed by atoms with E-state index in [1.807, 2.05) is 72.6 Å². The third-order valence-corrected chi connectivity index (χ3v) is 7.41. The van der Waals surface area contributed by atoms with Crippen LogP contribution in [0, 0.1) is 0 Å². The number of hydrogen-bond donors (Lipinski definition) is 2. The molecule has 208 valence electrons. The van der Waals surface area contributed by atoms with Gasteiger partial charge in [-0.15, -0.1) is 0 Å². The van der Waals surface area contributed by atoms with Gasteiger partial charge in [-0.2, -0.15) is 5.01 Å². The molecule has 3 aromatic rings. The SMILES string of the molecule is CCCN(C(=O)NCc1ccccc1)N1CC(=O)N2[C@@H](Cc3ccc(O)cc3)C(=O)N(Cc3ccccc3)C[C@@H]21. The van der Waals surface area contributed by atoms with E-state index in [1.54, 1.807) is 39.1 Å². The number of urea groups is 1. The molecule has 5 rings (SSSR count). The van der Waals surface area contributed by atoms with Crippen LogP contribution in [0.25, 0.3) is 0 Å². The molecule has 2 aliphatic heterocycles. The number of phenolic OH excluding ortho intramolecular Hbond substituents is 1. The lowest BCUT2D eigenvalue weighted by atomic mass is 10.00. The standard InChI is InChI=1S/C31H35N5O4/c1-2-17-34(31(40)32-19-24-9-5-3-6-10-24)35-22-29(38)36-27(18-23-13-15-26(37)16-14-23)30(39)33(21-28(35)36)20-25-11-7-4-8-12-25/h3-16,27-28,37H,2,17-22H2,1H3,(H,32,40)/t27-,28+/m0/s1. The average molecular weight is 542 g/mol. The highest BCUT2D eigenvalue weighted by molar-refractivity contribution is 5.91. The number of phenols is 1. The van der Waals surface area contributed by atoms with Crippen LogP contribution < -0.4 is 5.32 Å². The van der Waals surface area contributed by atoms with E-state index in [2.05, 4.69) is 5.32 Å². The number of nitrogens with zero attached hydrogens (tertiary/aromatic N) is 4. The smallest absolute Gasteiger partial charge is 0.332 e. The Hall–Kier alpha value is -4.37. The zero-order chi connectivity index (χ0) is 28.1. The molecule has 2 heterocycles. The zero-order valence-electron chi connectivity index (χ0n) is 22.6. The Labute approximate surface area is 234 Å². The van der Waals surface area contributed by atoms with Gasteiger partial charge in [0, 0.05) is 26.1 Å². The first-order chi connectivity index (χ1) is 19.4. The van der Waals surface area contributed by atoms with Crippen LogP contribution >= 0.6 is 0 Å². The van der Waals surface area contributed by atoms with Crippen LogP contribution in [0.15, 0.2) is 84.9 Å². The maximum atomic E-state index is 13.9. The highest BCUT2D eigenvalue weighted by Crippen LogP contribution is 2.30. The van der Waals surface area contributed by atoms with Gasteiger partial charge in [0.25, 0.3) is 0 Å². The molecule has 2 aliphatic rings. The summed E-state index contributed by atoms with van der Waals surface area (Å²) in [6.45, 7) is 3.52. The molecule has 2 fully saturated rings. The summed E-state index contributed by atoms with van der Waals surface area (Å²) >= 11 is 0. The summed E-state index contributed by atoms with van der Waals surface area (Å²) in [7, 11) is 0. The molecule has 0 radical (unpaired) electrons. The van der Waals surface area contributed by atoms with E-state index in [4.69, 9.17) is 0 Å². The van der Waals surface area contributed by atoms with Crippen molar-refractivity contribution in [3.8, 4) is 5.75 Å². The molecule has 0 unspecified atom stereocenters. The van der Waals surface area contributed by atoms with Crippen molar-refractivity contribution in [2.75, 3.05) is 19.6 Å². The van der Waals surface area contributed by atoms with Gasteiger partial charge in [0.1, 0.15) is 18.0 Å². The fourth-order valence-corrected chi connectivity index (χ4v) is 5.47. The molecule has 2 saturated heterocycles. The number of amides is 4. The molecule has 4 amide bonds. The number of benzene rings is 3. The van der Waals surface area contributed by atoms with E-state index in [0.717, 1.165) is 16.7 Å². The maximum Gasteiger partial charge on any atom is 0.332 e. The number of nitrogens with one attached hydrogen (secondary N) is 1. The number of aromatic hydroxyl groups is 1. The molecule has 2 atom stereocenters.